The Labute approximate surface area is 107 Å². The van der Waals surface area contributed by atoms with Gasteiger partial charge in [0.2, 0.25) is 0 Å². The fraction of sp³-hybridized carbons (Fsp3) is 0.538. The van der Waals surface area contributed by atoms with Crippen molar-refractivity contribution in [3.05, 3.63) is 28.8 Å². The molecule has 1 saturated heterocycles. The molecule has 0 spiro atoms. The number of ether oxygens (including phenoxy) is 1. The standard InChI is InChI=1S/C13H19ClN2O/c1-16(9-11-3-2-6-17-11)8-10-4-5-13(15)12(14)7-10/h4-5,7,11H,2-3,6,8-9,15H2,1H3. The summed E-state index contributed by atoms with van der Waals surface area (Å²) >= 11 is 6.00. The molecule has 1 fully saturated rings. The largest absolute Gasteiger partial charge is 0.398 e. The summed E-state index contributed by atoms with van der Waals surface area (Å²) in [4.78, 5) is 2.26. The summed E-state index contributed by atoms with van der Waals surface area (Å²) in [5.74, 6) is 0. The predicted octanol–water partition coefficient (Wildman–Crippen LogP) is 2.53. The predicted molar refractivity (Wildman–Crippen MR) is 71.2 cm³/mol. The average Bonchev–Trinajstić information content (AvgIpc) is 2.76. The quantitative estimate of drug-likeness (QED) is 0.840. The Hall–Kier alpha value is -0.770. The van der Waals surface area contributed by atoms with E-state index in [-0.39, 0.29) is 0 Å². The number of hydrogen-bond donors (Lipinski definition) is 1. The van der Waals surface area contributed by atoms with Crippen LogP contribution in [0, 0.1) is 0 Å². The van der Waals surface area contributed by atoms with E-state index in [2.05, 4.69) is 11.9 Å². The third kappa shape index (κ3) is 3.60. The minimum atomic E-state index is 0.393. The molecule has 4 heteroatoms. The van der Waals surface area contributed by atoms with E-state index in [1.165, 1.54) is 18.4 Å². The lowest BCUT2D eigenvalue weighted by Gasteiger charge is -2.20. The normalized spacial score (nSPS) is 20.1. The summed E-state index contributed by atoms with van der Waals surface area (Å²) in [6.07, 6.45) is 2.75. The molecule has 1 atom stereocenters. The number of nitrogens with zero attached hydrogens (tertiary/aromatic N) is 1. The van der Waals surface area contributed by atoms with Crippen LogP contribution in [0.25, 0.3) is 0 Å². The van der Waals surface area contributed by atoms with E-state index in [1.807, 2.05) is 18.2 Å². The molecule has 0 saturated carbocycles. The zero-order valence-corrected chi connectivity index (χ0v) is 10.9. The molecule has 1 unspecified atom stereocenters. The molecule has 1 aliphatic heterocycles. The summed E-state index contributed by atoms with van der Waals surface area (Å²) in [6.45, 7) is 2.76. The molecule has 3 nitrogen and oxygen atoms in total. The summed E-state index contributed by atoms with van der Waals surface area (Å²) in [5.41, 5.74) is 7.51. The van der Waals surface area contributed by atoms with Gasteiger partial charge in [0, 0.05) is 19.7 Å². The van der Waals surface area contributed by atoms with Crippen molar-refractivity contribution in [3.63, 3.8) is 0 Å². The second-order valence-electron chi connectivity index (χ2n) is 4.69. The van der Waals surface area contributed by atoms with Gasteiger partial charge >= 0.3 is 0 Å². The Morgan fingerprint density at radius 3 is 3.00 bits per heavy atom. The molecule has 17 heavy (non-hydrogen) atoms. The lowest BCUT2D eigenvalue weighted by molar-refractivity contribution is 0.0793. The van der Waals surface area contributed by atoms with E-state index in [0.29, 0.717) is 16.8 Å². The van der Waals surface area contributed by atoms with E-state index in [4.69, 9.17) is 22.1 Å². The van der Waals surface area contributed by atoms with Gasteiger partial charge in [-0.15, -0.1) is 0 Å². The van der Waals surface area contributed by atoms with Crippen LogP contribution in [0.2, 0.25) is 5.02 Å². The van der Waals surface area contributed by atoms with Crippen LogP contribution in [0.5, 0.6) is 0 Å². The topological polar surface area (TPSA) is 38.5 Å². The van der Waals surface area contributed by atoms with Crippen LogP contribution >= 0.6 is 11.6 Å². The second-order valence-corrected chi connectivity index (χ2v) is 5.09. The van der Waals surface area contributed by atoms with Crippen LogP contribution in [0.1, 0.15) is 18.4 Å². The highest BCUT2D eigenvalue weighted by Crippen LogP contribution is 2.21. The first-order valence-electron chi connectivity index (χ1n) is 5.99. The molecule has 1 heterocycles. The Bertz CT molecular complexity index is 378. The van der Waals surface area contributed by atoms with Crippen molar-refractivity contribution >= 4 is 17.3 Å². The van der Waals surface area contributed by atoms with E-state index >= 15 is 0 Å². The molecule has 94 valence electrons. The third-order valence-corrected chi connectivity index (χ3v) is 3.38. The lowest BCUT2D eigenvalue weighted by atomic mass is 10.2. The molecule has 0 bridgehead atoms. The number of nitrogens with two attached hydrogens (primary N) is 1. The molecule has 1 aromatic rings. The van der Waals surface area contributed by atoms with Gasteiger partial charge in [0.25, 0.3) is 0 Å². The fourth-order valence-electron chi connectivity index (χ4n) is 2.18. The Kier molecular flexibility index (Phi) is 4.26. The lowest BCUT2D eigenvalue weighted by Crippen LogP contribution is -2.28. The van der Waals surface area contributed by atoms with Crippen LogP contribution in [0.3, 0.4) is 0 Å². The maximum Gasteiger partial charge on any atom is 0.0702 e. The van der Waals surface area contributed by atoms with Crippen LogP contribution in [0.15, 0.2) is 18.2 Å². The van der Waals surface area contributed by atoms with Gasteiger partial charge in [-0.3, -0.25) is 4.90 Å². The molecule has 0 aliphatic carbocycles. The summed E-state index contributed by atoms with van der Waals surface area (Å²) in [7, 11) is 2.10. The van der Waals surface area contributed by atoms with Gasteiger partial charge in [-0.05, 0) is 37.6 Å². The van der Waals surface area contributed by atoms with Crippen molar-refractivity contribution in [1.29, 1.82) is 0 Å². The zero-order valence-electron chi connectivity index (χ0n) is 10.2. The first-order valence-corrected chi connectivity index (χ1v) is 6.37. The average molecular weight is 255 g/mol. The number of anilines is 1. The van der Waals surface area contributed by atoms with Gasteiger partial charge in [-0.25, -0.2) is 0 Å². The number of rotatable bonds is 4. The summed E-state index contributed by atoms with van der Waals surface area (Å²) in [5, 5.41) is 0.632. The maximum atomic E-state index is 6.00. The highest BCUT2D eigenvalue weighted by atomic mass is 35.5. The smallest absolute Gasteiger partial charge is 0.0702 e. The Balaban J connectivity index is 1.88. The molecule has 0 aromatic heterocycles. The minimum Gasteiger partial charge on any atom is -0.398 e. The third-order valence-electron chi connectivity index (χ3n) is 3.06. The van der Waals surface area contributed by atoms with Gasteiger partial charge in [-0.1, -0.05) is 17.7 Å². The van der Waals surface area contributed by atoms with Gasteiger partial charge < -0.3 is 10.5 Å². The molecule has 0 radical (unpaired) electrons. The van der Waals surface area contributed by atoms with Crippen LogP contribution in [-0.4, -0.2) is 31.2 Å². The first-order chi connectivity index (χ1) is 8.15. The molecular weight excluding hydrogens is 236 g/mol. The molecular formula is C13H19ClN2O. The van der Waals surface area contributed by atoms with Gasteiger partial charge in [0.05, 0.1) is 16.8 Å². The van der Waals surface area contributed by atoms with E-state index in [1.54, 1.807) is 0 Å². The van der Waals surface area contributed by atoms with Crippen molar-refractivity contribution < 1.29 is 4.74 Å². The molecule has 2 N–H and O–H groups in total. The number of nitrogen functional groups attached to an aromatic ring is 1. The Morgan fingerprint density at radius 2 is 2.35 bits per heavy atom. The number of likely N-dealkylation sites (N-methyl/N-ethyl adjacent to an activating group) is 1. The van der Waals surface area contributed by atoms with E-state index in [0.717, 1.165) is 19.7 Å². The Morgan fingerprint density at radius 1 is 1.53 bits per heavy atom. The van der Waals surface area contributed by atoms with Crippen molar-refractivity contribution in [1.82, 2.24) is 4.90 Å². The first kappa shape index (κ1) is 12.7. The highest BCUT2D eigenvalue weighted by molar-refractivity contribution is 6.33. The van der Waals surface area contributed by atoms with Crippen molar-refractivity contribution in [2.45, 2.75) is 25.5 Å². The maximum absolute atomic E-state index is 6.00. The van der Waals surface area contributed by atoms with E-state index in [9.17, 15) is 0 Å². The van der Waals surface area contributed by atoms with Crippen LogP contribution in [0.4, 0.5) is 5.69 Å². The van der Waals surface area contributed by atoms with Crippen LogP contribution < -0.4 is 5.73 Å². The number of halogens is 1. The summed E-state index contributed by atoms with van der Waals surface area (Å²) in [6, 6.07) is 5.81. The van der Waals surface area contributed by atoms with Crippen LogP contribution in [-0.2, 0) is 11.3 Å². The zero-order chi connectivity index (χ0) is 12.3. The minimum absolute atomic E-state index is 0.393. The van der Waals surface area contributed by atoms with Gasteiger partial charge in [0.15, 0.2) is 0 Å². The molecule has 2 rings (SSSR count). The molecule has 0 amide bonds. The van der Waals surface area contributed by atoms with Gasteiger partial charge in [-0.2, -0.15) is 0 Å². The fourth-order valence-corrected chi connectivity index (χ4v) is 2.38. The van der Waals surface area contributed by atoms with Crippen molar-refractivity contribution in [2.75, 3.05) is 25.9 Å². The van der Waals surface area contributed by atoms with Crippen molar-refractivity contribution in [2.24, 2.45) is 0 Å². The van der Waals surface area contributed by atoms with Gasteiger partial charge in [0.1, 0.15) is 0 Å². The second kappa shape index (κ2) is 5.71. The SMILES string of the molecule is CN(Cc1ccc(N)c(Cl)c1)CC1CCCO1. The highest BCUT2D eigenvalue weighted by Gasteiger charge is 2.17. The molecule has 1 aliphatic rings. The number of hydrogen-bond acceptors (Lipinski definition) is 3. The number of benzene rings is 1. The van der Waals surface area contributed by atoms with Crippen molar-refractivity contribution in [3.8, 4) is 0 Å². The van der Waals surface area contributed by atoms with E-state index < -0.39 is 0 Å². The monoisotopic (exact) mass is 254 g/mol. The summed E-state index contributed by atoms with van der Waals surface area (Å²) < 4.78 is 5.62. The molecule has 1 aromatic carbocycles.